The van der Waals surface area contributed by atoms with Gasteiger partial charge < -0.3 is 10.6 Å². The Morgan fingerprint density at radius 3 is 2.00 bits per heavy atom. The van der Waals surface area contributed by atoms with Gasteiger partial charge in [-0.2, -0.15) is 0 Å². The van der Waals surface area contributed by atoms with Crippen LogP contribution in [-0.2, 0) is 4.79 Å². The minimum absolute atomic E-state index is 0.311. The van der Waals surface area contributed by atoms with Crippen LogP contribution in [0.1, 0.15) is 34.1 Å². The maximum absolute atomic E-state index is 11.4. The molecule has 1 aliphatic rings. The highest BCUT2D eigenvalue weighted by atomic mass is 32.1. The van der Waals surface area contributed by atoms with Gasteiger partial charge in [0, 0.05) is 11.0 Å². The second-order valence-electron chi connectivity index (χ2n) is 5.58. The van der Waals surface area contributed by atoms with E-state index in [1.807, 2.05) is 44.7 Å². The Hall–Kier alpha value is -0.810. The fourth-order valence-electron chi connectivity index (χ4n) is 2.24. The first-order chi connectivity index (χ1) is 7.58. The molecule has 94 valence electrons. The molecule has 0 radical (unpaired) electrons. The topological polar surface area (TPSA) is 46.3 Å². The fraction of sp³-hybridized carbons (Fsp3) is 0.583. The molecule has 0 aliphatic carbocycles. The highest BCUT2D eigenvalue weighted by Gasteiger charge is 2.39. The van der Waals surface area contributed by atoms with Gasteiger partial charge in [0.25, 0.3) is 0 Å². The number of nitrogens with two attached hydrogens (primary N) is 1. The number of amides is 1. The van der Waals surface area contributed by atoms with Crippen LogP contribution in [0.2, 0.25) is 0 Å². The summed E-state index contributed by atoms with van der Waals surface area (Å²) in [7, 11) is 0. The Morgan fingerprint density at radius 2 is 1.65 bits per heavy atom. The SMILES string of the molecule is CC(C)(CC(C)(C)N1C(=S)C=CC1=S)C(N)=O. The first-order valence-corrected chi connectivity index (χ1v) is 6.26. The van der Waals surface area contributed by atoms with Crippen LogP contribution in [0.4, 0.5) is 0 Å². The summed E-state index contributed by atoms with van der Waals surface area (Å²) in [4.78, 5) is 14.7. The molecule has 2 N–H and O–H groups in total. The Bertz CT molecular complexity index is 393. The van der Waals surface area contributed by atoms with E-state index in [2.05, 4.69) is 0 Å². The summed E-state index contributed by atoms with van der Waals surface area (Å²) < 4.78 is 0. The van der Waals surface area contributed by atoms with E-state index in [1.54, 1.807) is 0 Å². The van der Waals surface area contributed by atoms with E-state index in [4.69, 9.17) is 30.2 Å². The van der Waals surface area contributed by atoms with Crippen LogP contribution < -0.4 is 5.73 Å². The summed E-state index contributed by atoms with van der Waals surface area (Å²) in [5.74, 6) is -0.311. The molecule has 1 rings (SSSR count). The second-order valence-corrected chi connectivity index (χ2v) is 6.42. The Balaban J connectivity index is 2.93. The van der Waals surface area contributed by atoms with E-state index in [-0.39, 0.29) is 11.4 Å². The number of carbonyl (C=O) groups is 1. The zero-order chi connectivity index (χ0) is 13.4. The predicted molar refractivity (Wildman–Crippen MR) is 77.8 cm³/mol. The molecule has 0 saturated carbocycles. The first kappa shape index (κ1) is 14.3. The van der Waals surface area contributed by atoms with Crippen LogP contribution in [0.3, 0.4) is 0 Å². The lowest BCUT2D eigenvalue weighted by Crippen LogP contribution is -2.51. The summed E-state index contributed by atoms with van der Waals surface area (Å²) in [5.41, 5.74) is 4.50. The number of carbonyl (C=O) groups excluding carboxylic acids is 1. The third-order valence-corrected chi connectivity index (χ3v) is 3.59. The molecule has 1 aliphatic heterocycles. The van der Waals surface area contributed by atoms with Crippen LogP contribution >= 0.6 is 24.4 Å². The van der Waals surface area contributed by atoms with Crippen LogP contribution in [-0.4, -0.2) is 26.3 Å². The first-order valence-electron chi connectivity index (χ1n) is 5.44. The molecule has 5 heteroatoms. The average molecular weight is 270 g/mol. The van der Waals surface area contributed by atoms with Gasteiger partial charge in [-0.05, 0) is 32.4 Å². The van der Waals surface area contributed by atoms with Gasteiger partial charge in [-0.1, -0.05) is 38.3 Å². The van der Waals surface area contributed by atoms with Crippen LogP contribution in [0.25, 0.3) is 0 Å². The lowest BCUT2D eigenvalue weighted by molar-refractivity contribution is -0.127. The smallest absolute Gasteiger partial charge is 0.223 e. The summed E-state index contributed by atoms with van der Waals surface area (Å²) in [6.07, 6.45) is 4.23. The highest BCUT2D eigenvalue weighted by molar-refractivity contribution is 7.82. The molecule has 0 bridgehead atoms. The normalized spacial score (nSPS) is 16.8. The van der Waals surface area contributed by atoms with Crippen molar-refractivity contribution >= 4 is 40.3 Å². The van der Waals surface area contributed by atoms with Crippen molar-refractivity contribution in [2.24, 2.45) is 11.1 Å². The van der Waals surface area contributed by atoms with Crippen molar-refractivity contribution in [3.63, 3.8) is 0 Å². The van der Waals surface area contributed by atoms with E-state index >= 15 is 0 Å². The van der Waals surface area contributed by atoms with E-state index in [1.165, 1.54) is 0 Å². The van der Waals surface area contributed by atoms with Crippen molar-refractivity contribution in [3.8, 4) is 0 Å². The fourth-order valence-corrected chi connectivity index (χ4v) is 3.13. The molecule has 0 atom stereocenters. The highest BCUT2D eigenvalue weighted by Crippen LogP contribution is 2.33. The zero-order valence-electron chi connectivity index (χ0n) is 10.6. The minimum Gasteiger partial charge on any atom is -0.369 e. The molecular formula is C12H18N2OS2. The van der Waals surface area contributed by atoms with Gasteiger partial charge in [-0.3, -0.25) is 4.79 Å². The molecule has 0 aromatic rings. The van der Waals surface area contributed by atoms with Crippen molar-refractivity contribution in [1.29, 1.82) is 0 Å². The third-order valence-electron chi connectivity index (χ3n) is 2.96. The van der Waals surface area contributed by atoms with Gasteiger partial charge in [0.05, 0.1) is 0 Å². The Kier molecular flexibility index (Phi) is 3.74. The maximum Gasteiger partial charge on any atom is 0.223 e. The van der Waals surface area contributed by atoms with E-state index < -0.39 is 5.41 Å². The van der Waals surface area contributed by atoms with Crippen molar-refractivity contribution in [1.82, 2.24) is 4.90 Å². The average Bonchev–Trinajstić information content (AvgIpc) is 2.44. The van der Waals surface area contributed by atoms with E-state index in [0.717, 1.165) is 0 Å². The molecule has 17 heavy (non-hydrogen) atoms. The molecule has 0 aromatic heterocycles. The largest absolute Gasteiger partial charge is 0.369 e. The second kappa shape index (κ2) is 4.46. The monoisotopic (exact) mass is 270 g/mol. The lowest BCUT2D eigenvalue weighted by Gasteiger charge is -2.41. The maximum atomic E-state index is 11.4. The molecule has 3 nitrogen and oxygen atoms in total. The number of thiocarbonyl (C=S) groups is 2. The number of hydrogen-bond acceptors (Lipinski definition) is 3. The molecule has 1 amide bonds. The zero-order valence-corrected chi connectivity index (χ0v) is 12.2. The minimum atomic E-state index is -0.586. The van der Waals surface area contributed by atoms with Gasteiger partial charge in [0.1, 0.15) is 9.98 Å². The number of nitrogens with zero attached hydrogens (tertiary/aromatic N) is 1. The summed E-state index contributed by atoms with van der Waals surface area (Å²) in [6, 6.07) is 0. The van der Waals surface area contributed by atoms with Crippen molar-refractivity contribution in [2.45, 2.75) is 39.7 Å². The molecule has 0 saturated heterocycles. The quantitative estimate of drug-likeness (QED) is 0.796. The van der Waals surface area contributed by atoms with Gasteiger partial charge in [-0.25, -0.2) is 0 Å². The number of primary amides is 1. The Labute approximate surface area is 113 Å². The predicted octanol–water partition coefficient (Wildman–Crippen LogP) is 2.19. The third kappa shape index (κ3) is 2.90. The Morgan fingerprint density at radius 1 is 1.24 bits per heavy atom. The summed E-state index contributed by atoms with van der Waals surface area (Å²) >= 11 is 10.5. The van der Waals surface area contributed by atoms with Crippen molar-refractivity contribution in [2.75, 3.05) is 0 Å². The van der Waals surface area contributed by atoms with E-state index in [0.29, 0.717) is 16.4 Å². The number of hydrogen-bond donors (Lipinski definition) is 1. The number of rotatable bonds is 4. The lowest BCUT2D eigenvalue weighted by atomic mass is 9.78. The molecule has 0 aromatic carbocycles. The van der Waals surface area contributed by atoms with Gasteiger partial charge >= 0.3 is 0 Å². The molecule has 0 unspecified atom stereocenters. The summed E-state index contributed by atoms with van der Waals surface area (Å²) in [5, 5.41) is 0. The molecule has 0 fully saturated rings. The van der Waals surface area contributed by atoms with E-state index in [9.17, 15) is 4.79 Å². The van der Waals surface area contributed by atoms with Gasteiger partial charge in [-0.15, -0.1) is 0 Å². The molecular weight excluding hydrogens is 252 g/mol. The van der Waals surface area contributed by atoms with Crippen LogP contribution in [0, 0.1) is 5.41 Å². The summed E-state index contributed by atoms with van der Waals surface area (Å²) in [6.45, 7) is 7.71. The van der Waals surface area contributed by atoms with Crippen molar-refractivity contribution in [3.05, 3.63) is 12.2 Å². The van der Waals surface area contributed by atoms with Crippen LogP contribution in [0.5, 0.6) is 0 Å². The molecule has 0 spiro atoms. The van der Waals surface area contributed by atoms with Crippen molar-refractivity contribution < 1.29 is 4.79 Å². The standard InChI is InChI=1S/C12H18N2OS2/c1-11(2,10(13)15)7-12(3,4)14-8(16)5-6-9(14)17/h5-6H,7H2,1-4H3,(H2,13,15). The van der Waals surface area contributed by atoms with Gasteiger partial charge in [0.15, 0.2) is 0 Å². The van der Waals surface area contributed by atoms with Gasteiger partial charge in [0.2, 0.25) is 5.91 Å². The van der Waals surface area contributed by atoms with Crippen LogP contribution in [0.15, 0.2) is 12.2 Å². The molecule has 1 heterocycles.